The van der Waals surface area contributed by atoms with Crippen LogP contribution in [0.25, 0.3) is 0 Å². The van der Waals surface area contributed by atoms with Crippen molar-refractivity contribution in [3.8, 4) is 0 Å². The number of nitrogens with two attached hydrogens (primary N) is 1. The van der Waals surface area contributed by atoms with Crippen molar-refractivity contribution in [3.63, 3.8) is 0 Å². The normalized spacial score (nSPS) is 15.5. The second-order valence-corrected chi connectivity index (χ2v) is 5.69. The van der Waals surface area contributed by atoms with Crippen LogP contribution in [0.15, 0.2) is 17.5 Å². The summed E-state index contributed by atoms with van der Waals surface area (Å²) in [4.78, 5) is 3.71. The Morgan fingerprint density at radius 2 is 2.27 bits per heavy atom. The standard InChI is InChI=1S/C12H22N2S/c1-4-7-12(2,13)10-14(3)9-11-6-5-8-15-11/h5-6,8H,4,7,9-10,13H2,1-3H3. The van der Waals surface area contributed by atoms with Crippen molar-refractivity contribution in [2.24, 2.45) is 5.73 Å². The van der Waals surface area contributed by atoms with Crippen LogP contribution in [0.3, 0.4) is 0 Å². The lowest BCUT2D eigenvalue weighted by atomic mass is 9.97. The number of likely N-dealkylation sites (N-methyl/N-ethyl adjacent to an activating group) is 1. The first-order valence-electron chi connectivity index (χ1n) is 5.53. The van der Waals surface area contributed by atoms with Gasteiger partial charge >= 0.3 is 0 Å². The van der Waals surface area contributed by atoms with E-state index in [1.165, 1.54) is 4.88 Å². The van der Waals surface area contributed by atoms with Crippen LogP contribution in [-0.2, 0) is 6.54 Å². The minimum absolute atomic E-state index is 0.0548. The van der Waals surface area contributed by atoms with Crippen molar-refractivity contribution in [1.82, 2.24) is 4.90 Å². The van der Waals surface area contributed by atoms with Crippen molar-refractivity contribution in [2.75, 3.05) is 13.6 Å². The van der Waals surface area contributed by atoms with E-state index in [-0.39, 0.29) is 5.54 Å². The van der Waals surface area contributed by atoms with E-state index >= 15 is 0 Å². The third kappa shape index (κ3) is 4.78. The number of nitrogens with zero attached hydrogens (tertiary/aromatic N) is 1. The van der Waals surface area contributed by atoms with E-state index in [2.05, 4.69) is 43.3 Å². The van der Waals surface area contributed by atoms with E-state index in [4.69, 9.17) is 5.73 Å². The molecule has 2 N–H and O–H groups in total. The fourth-order valence-corrected chi connectivity index (χ4v) is 2.78. The van der Waals surface area contributed by atoms with Crippen LogP contribution in [-0.4, -0.2) is 24.0 Å². The van der Waals surface area contributed by atoms with Gasteiger partial charge in [-0.1, -0.05) is 19.4 Å². The van der Waals surface area contributed by atoms with Crippen LogP contribution in [0.1, 0.15) is 31.6 Å². The number of hydrogen-bond donors (Lipinski definition) is 1. The Labute approximate surface area is 97.1 Å². The first-order chi connectivity index (χ1) is 7.03. The first-order valence-corrected chi connectivity index (χ1v) is 6.41. The summed E-state index contributed by atoms with van der Waals surface area (Å²) < 4.78 is 0. The maximum atomic E-state index is 6.22. The van der Waals surface area contributed by atoms with Crippen molar-refractivity contribution < 1.29 is 0 Å². The molecule has 0 aliphatic carbocycles. The average molecular weight is 226 g/mol. The van der Waals surface area contributed by atoms with Gasteiger partial charge in [0.15, 0.2) is 0 Å². The lowest BCUT2D eigenvalue weighted by molar-refractivity contribution is 0.242. The van der Waals surface area contributed by atoms with Gasteiger partial charge in [0.05, 0.1) is 0 Å². The molecule has 0 radical (unpaired) electrons. The smallest absolute Gasteiger partial charge is 0.0325 e. The monoisotopic (exact) mass is 226 g/mol. The number of rotatable bonds is 6. The zero-order valence-electron chi connectivity index (χ0n) is 9.99. The van der Waals surface area contributed by atoms with Gasteiger partial charge in [-0.25, -0.2) is 0 Å². The summed E-state index contributed by atoms with van der Waals surface area (Å²) >= 11 is 1.81. The molecule has 1 rings (SSSR count). The highest BCUT2D eigenvalue weighted by Crippen LogP contribution is 2.14. The fraction of sp³-hybridized carbons (Fsp3) is 0.667. The quantitative estimate of drug-likeness (QED) is 0.808. The summed E-state index contributed by atoms with van der Waals surface area (Å²) in [6, 6.07) is 4.27. The van der Waals surface area contributed by atoms with Gasteiger partial charge < -0.3 is 5.73 Å². The fourth-order valence-electron chi connectivity index (χ4n) is 1.99. The highest BCUT2D eigenvalue weighted by molar-refractivity contribution is 7.09. The minimum atomic E-state index is -0.0548. The lowest BCUT2D eigenvalue weighted by Crippen LogP contribution is -2.46. The molecule has 3 heteroatoms. The van der Waals surface area contributed by atoms with E-state index in [0.29, 0.717) is 0 Å². The van der Waals surface area contributed by atoms with E-state index in [1.54, 1.807) is 0 Å². The summed E-state index contributed by atoms with van der Waals surface area (Å²) in [5.41, 5.74) is 6.16. The molecule has 2 nitrogen and oxygen atoms in total. The molecule has 1 heterocycles. The molecule has 15 heavy (non-hydrogen) atoms. The van der Waals surface area contributed by atoms with Gasteiger partial charge in [-0.2, -0.15) is 0 Å². The zero-order valence-corrected chi connectivity index (χ0v) is 10.8. The molecule has 0 aliphatic heterocycles. The molecule has 1 aromatic rings. The molecule has 86 valence electrons. The summed E-state index contributed by atoms with van der Waals surface area (Å²) in [6.45, 7) is 6.29. The van der Waals surface area contributed by atoms with Gasteiger partial charge in [-0.05, 0) is 31.8 Å². The number of hydrogen-bond acceptors (Lipinski definition) is 3. The van der Waals surface area contributed by atoms with Gasteiger partial charge in [0.2, 0.25) is 0 Å². The Morgan fingerprint density at radius 1 is 1.53 bits per heavy atom. The summed E-state index contributed by atoms with van der Waals surface area (Å²) in [7, 11) is 2.14. The van der Waals surface area contributed by atoms with Crippen LogP contribution >= 0.6 is 11.3 Å². The van der Waals surface area contributed by atoms with Crippen molar-refractivity contribution in [1.29, 1.82) is 0 Å². The molecule has 1 atom stereocenters. The van der Waals surface area contributed by atoms with Gasteiger partial charge in [0.25, 0.3) is 0 Å². The van der Waals surface area contributed by atoms with Crippen molar-refractivity contribution in [2.45, 2.75) is 38.8 Å². The van der Waals surface area contributed by atoms with Gasteiger partial charge in [-0.15, -0.1) is 11.3 Å². The van der Waals surface area contributed by atoms with Crippen LogP contribution in [0, 0.1) is 0 Å². The SMILES string of the molecule is CCCC(C)(N)CN(C)Cc1cccs1. The molecule has 0 fully saturated rings. The van der Waals surface area contributed by atoms with Crippen molar-refractivity contribution in [3.05, 3.63) is 22.4 Å². The summed E-state index contributed by atoms with van der Waals surface area (Å²) in [6.07, 6.45) is 2.24. The van der Waals surface area contributed by atoms with E-state index in [0.717, 1.165) is 25.9 Å². The summed E-state index contributed by atoms with van der Waals surface area (Å²) in [5.74, 6) is 0. The molecule has 1 unspecified atom stereocenters. The largest absolute Gasteiger partial charge is 0.324 e. The molecule has 0 spiro atoms. The predicted octanol–water partition coefficient (Wildman–Crippen LogP) is 2.70. The second-order valence-electron chi connectivity index (χ2n) is 4.66. The molecule has 0 saturated carbocycles. The Kier molecular flexibility index (Phi) is 4.77. The predicted molar refractivity (Wildman–Crippen MR) is 68.2 cm³/mol. The molecule has 0 bridgehead atoms. The van der Waals surface area contributed by atoms with E-state index in [9.17, 15) is 0 Å². The van der Waals surface area contributed by atoms with Crippen LogP contribution < -0.4 is 5.73 Å². The zero-order chi connectivity index (χ0) is 11.3. The third-order valence-electron chi connectivity index (χ3n) is 2.46. The van der Waals surface area contributed by atoms with Crippen LogP contribution in [0.4, 0.5) is 0 Å². The van der Waals surface area contributed by atoms with E-state index < -0.39 is 0 Å². The van der Waals surface area contributed by atoms with E-state index in [1.807, 2.05) is 11.3 Å². The van der Waals surface area contributed by atoms with Gasteiger partial charge in [-0.3, -0.25) is 4.90 Å². The third-order valence-corrected chi connectivity index (χ3v) is 3.32. The molecule has 1 aromatic heterocycles. The number of thiophene rings is 1. The Morgan fingerprint density at radius 3 is 2.80 bits per heavy atom. The summed E-state index contributed by atoms with van der Waals surface area (Å²) in [5, 5.41) is 2.12. The van der Waals surface area contributed by atoms with Crippen LogP contribution in [0.2, 0.25) is 0 Å². The Bertz CT molecular complexity index is 267. The molecule has 0 amide bonds. The second kappa shape index (κ2) is 5.64. The molecule has 0 aliphatic rings. The maximum absolute atomic E-state index is 6.22. The average Bonchev–Trinajstić information content (AvgIpc) is 2.54. The van der Waals surface area contributed by atoms with Gasteiger partial charge in [0, 0.05) is 23.5 Å². The molecule has 0 aromatic carbocycles. The Hall–Kier alpha value is -0.380. The van der Waals surface area contributed by atoms with Gasteiger partial charge in [0.1, 0.15) is 0 Å². The van der Waals surface area contributed by atoms with Crippen molar-refractivity contribution >= 4 is 11.3 Å². The molecule has 0 saturated heterocycles. The molecular formula is C12H22N2S. The minimum Gasteiger partial charge on any atom is -0.324 e. The highest BCUT2D eigenvalue weighted by atomic mass is 32.1. The maximum Gasteiger partial charge on any atom is 0.0325 e. The highest BCUT2D eigenvalue weighted by Gasteiger charge is 2.19. The van der Waals surface area contributed by atoms with Crippen LogP contribution in [0.5, 0.6) is 0 Å². The molecular weight excluding hydrogens is 204 g/mol. The topological polar surface area (TPSA) is 29.3 Å². The first kappa shape index (κ1) is 12.7. The Balaban J connectivity index is 2.38. The lowest BCUT2D eigenvalue weighted by Gasteiger charge is -2.29.